The number of nitrogens with zero attached hydrogens (tertiary/aromatic N) is 1. The van der Waals surface area contributed by atoms with E-state index in [1.165, 1.54) is 0 Å². The SMILES string of the molecule is COc1ccc(OC)c(C(C)C)c1-c1cc(N)n[nH]1. The molecule has 1 aromatic carbocycles. The highest BCUT2D eigenvalue weighted by molar-refractivity contribution is 5.76. The topological polar surface area (TPSA) is 73.2 Å². The second-order valence-electron chi connectivity index (χ2n) is 4.62. The normalized spacial score (nSPS) is 10.8. The first kappa shape index (κ1) is 13.3. The summed E-state index contributed by atoms with van der Waals surface area (Å²) < 4.78 is 10.9. The van der Waals surface area contributed by atoms with E-state index < -0.39 is 0 Å². The Balaban J connectivity index is 2.73. The number of hydrogen-bond donors (Lipinski definition) is 2. The number of benzene rings is 1. The molecule has 5 heteroatoms. The van der Waals surface area contributed by atoms with Gasteiger partial charge in [0.25, 0.3) is 0 Å². The maximum atomic E-state index is 5.69. The molecule has 0 saturated heterocycles. The van der Waals surface area contributed by atoms with Crippen molar-refractivity contribution in [1.82, 2.24) is 10.2 Å². The molecule has 2 rings (SSSR count). The second-order valence-corrected chi connectivity index (χ2v) is 4.62. The Labute approximate surface area is 112 Å². The standard InChI is InChI=1S/C14H19N3O2/c1-8(2)13-10(18-3)5-6-11(19-4)14(13)9-7-12(15)17-16-9/h5-8H,1-4H3,(H3,15,16,17). The molecule has 0 saturated carbocycles. The zero-order valence-electron chi connectivity index (χ0n) is 11.7. The maximum Gasteiger partial charge on any atom is 0.145 e. The lowest BCUT2D eigenvalue weighted by Gasteiger charge is -2.18. The number of nitrogens with one attached hydrogen (secondary N) is 1. The van der Waals surface area contributed by atoms with Crippen molar-refractivity contribution in [3.05, 3.63) is 23.8 Å². The number of ether oxygens (including phenoxy) is 2. The quantitative estimate of drug-likeness (QED) is 0.887. The molecule has 3 N–H and O–H groups in total. The molecule has 1 heterocycles. The van der Waals surface area contributed by atoms with Gasteiger partial charge in [-0.05, 0) is 18.1 Å². The number of methoxy groups -OCH3 is 2. The van der Waals surface area contributed by atoms with Crippen LogP contribution in [0.2, 0.25) is 0 Å². The van der Waals surface area contributed by atoms with Gasteiger partial charge in [0.15, 0.2) is 0 Å². The molecule has 1 aromatic heterocycles. The van der Waals surface area contributed by atoms with Crippen molar-refractivity contribution in [2.24, 2.45) is 0 Å². The molecule has 0 bridgehead atoms. The van der Waals surface area contributed by atoms with Crippen molar-refractivity contribution in [1.29, 1.82) is 0 Å². The first-order chi connectivity index (χ1) is 9.08. The van der Waals surface area contributed by atoms with Gasteiger partial charge < -0.3 is 15.2 Å². The highest BCUT2D eigenvalue weighted by atomic mass is 16.5. The van der Waals surface area contributed by atoms with Gasteiger partial charge in [0, 0.05) is 17.2 Å². The molecule has 0 spiro atoms. The van der Waals surface area contributed by atoms with E-state index in [4.69, 9.17) is 15.2 Å². The zero-order chi connectivity index (χ0) is 14.0. The summed E-state index contributed by atoms with van der Waals surface area (Å²) in [5.74, 6) is 2.34. The van der Waals surface area contributed by atoms with Gasteiger partial charge in [-0.3, -0.25) is 5.10 Å². The van der Waals surface area contributed by atoms with Crippen LogP contribution in [0.3, 0.4) is 0 Å². The van der Waals surface area contributed by atoms with Gasteiger partial charge in [-0.15, -0.1) is 0 Å². The fourth-order valence-corrected chi connectivity index (χ4v) is 2.24. The van der Waals surface area contributed by atoms with Crippen LogP contribution in [-0.2, 0) is 0 Å². The van der Waals surface area contributed by atoms with Crippen LogP contribution < -0.4 is 15.2 Å². The molecule has 0 atom stereocenters. The van der Waals surface area contributed by atoms with E-state index in [2.05, 4.69) is 24.0 Å². The Bertz CT molecular complexity index is 576. The number of H-pyrrole nitrogens is 1. The first-order valence-electron chi connectivity index (χ1n) is 6.14. The molecule has 2 aromatic rings. The molecule has 0 aliphatic rings. The molecule has 0 radical (unpaired) electrons. The van der Waals surface area contributed by atoms with E-state index in [9.17, 15) is 0 Å². The Morgan fingerprint density at radius 1 is 1.16 bits per heavy atom. The fourth-order valence-electron chi connectivity index (χ4n) is 2.24. The van der Waals surface area contributed by atoms with E-state index in [0.29, 0.717) is 5.82 Å². The van der Waals surface area contributed by atoms with Crippen LogP contribution in [0.5, 0.6) is 11.5 Å². The van der Waals surface area contributed by atoms with Gasteiger partial charge in [0.1, 0.15) is 17.3 Å². The minimum atomic E-state index is 0.282. The van der Waals surface area contributed by atoms with Crippen LogP contribution in [0.4, 0.5) is 5.82 Å². The minimum Gasteiger partial charge on any atom is -0.496 e. The third-order valence-corrected chi connectivity index (χ3v) is 3.05. The van der Waals surface area contributed by atoms with Crippen molar-refractivity contribution in [3.63, 3.8) is 0 Å². The zero-order valence-corrected chi connectivity index (χ0v) is 11.7. The molecule has 5 nitrogen and oxygen atoms in total. The highest BCUT2D eigenvalue weighted by Crippen LogP contribution is 2.41. The molecule has 19 heavy (non-hydrogen) atoms. The average molecular weight is 261 g/mol. The predicted molar refractivity (Wildman–Crippen MR) is 75.6 cm³/mol. The van der Waals surface area contributed by atoms with Crippen molar-refractivity contribution in [2.45, 2.75) is 19.8 Å². The van der Waals surface area contributed by atoms with E-state index >= 15 is 0 Å². The summed E-state index contributed by atoms with van der Waals surface area (Å²) in [4.78, 5) is 0. The van der Waals surface area contributed by atoms with Gasteiger partial charge in [0.05, 0.1) is 19.9 Å². The molecule has 0 amide bonds. The van der Waals surface area contributed by atoms with Crippen LogP contribution in [0.1, 0.15) is 25.3 Å². The van der Waals surface area contributed by atoms with E-state index in [1.54, 1.807) is 20.3 Å². The number of rotatable bonds is 4. The van der Waals surface area contributed by atoms with Gasteiger partial charge in [0.2, 0.25) is 0 Å². The highest BCUT2D eigenvalue weighted by Gasteiger charge is 2.20. The van der Waals surface area contributed by atoms with Crippen LogP contribution in [0.15, 0.2) is 18.2 Å². The molecular formula is C14H19N3O2. The van der Waals surface area contributed by atoms with Crippen molar-refractivity contribution in [3.8, 4) is 22.8 Å². The Kier molecular flexibility index (Phi) is 3.64. The minimum absolute atomic E-state index is 0.282. The van der Waals surface area contributed by atoms with E-state index in [-0.39, 0.29) is 5.92 Å². The summed E-state index contributed by atoms with van der Waals surface area (Å²) in [6, 6.07) is 5.59. The maximum absolute atomic E-state index is 5.69. The third kappa shape index (κ3) is 2.36. The third-order valence-electron chi connectivity index (χ3n) is 3.05. The number of nitrogen functional groups attached to an aromatic ring is 1. The van der Waals surface area contributed by atoms with Crippen molar-refractivity contribution >= 4 is 5.82 Å². The Morgan fingerprint density at radius 2 is 1.79 bits per heavy atom. The number of nitrogens with two attached hydrogens (primary N) is 1. The van der Waals surface area contributed by atoms with Gasteiger partial charge in [-0.25, -0.2) is 0 Å². The largest absolute Gasteiger partial charge is 0.496 e. The van der Waals surface area contributed by atoms with E-state index in [1.807, 2.05) is 12.1 Å². The smallest absolute Gasteiger partial charge is 0.145 e. The number of aromatic nitrogens is 2. The van der Waals surface area contributed by atoms with E-state index in [0.717, 1.165) is 28.3 Å². The van der Waals surface area contributed by atoms with Gasteiger partial charge in [-0.1, -0.05) is 13.8 Å². The fraction of sp³-hybridized carbons (Fsp3) is 0.357. The molecule has 0 aliphatic carbocycles. The summed E-state index contributed by atoms with van der Waals surface area (Å²) in [5, 5.41) is 6.91. The Morgan fingerprint density at radius 3 is 2.26 bits per heavy atom. The van der Waals surface area contributed by atoms with Crippen LogP contribution in [0, 0.1) is 0 Å². The molecule has 102 valence electrons. The summed E-state index contributed by atoms with van der Waals surface area (Å²) in [6.07, 6.45) is 0. The summed E-state index contributed by atoms with van der Waals surface area (Å²) in [6.45, 7) is 4.22. The van der Waals surface area contributed by atoms with Gasteiger partial charge in [-0.2, -0.15) is 5.10 Å². The predicted octanol–water partition coefficient (Wildman–Crippen LogP) is 2.80. The lowest BCUT2D eigenvalue weighted by Crippen LogP contribution is -2.00. The van der Waals surface area contributed by atoms with Crippen LogP contribution in [0.25, 0.3) is 11.3 Å². The number of aromatic amines is 1. The molecule has 0 aliphatic heterocycles. The monoisotopic (exact) mass is 261 g/mol. The lowest BCUT2D eigenvalue weighted by atomic mass is 9.93. The summed E-state index contributed by atoms with van der Waals surface area (Å²) in [7, 11) is 3.31. The summed E-state index contributed by atoms with van der Waals surface area (Å²) in [5.41, 5.74) is 8.54. The number of anilines is 1. The average Bonchev–Trinajstić information content (AvgIpc) is 2.83. The second kappa shape index (κ2) is 5.22. The summed E-state index contributed by atoms with van der Waals surface area (Å²) >= 11 is 0. The molecule has 0 unspecified atom stereocenters. The van der Waals surface area contributed by atoms with Crippen LogP contribution >= 0.6 is 0 Å². The van der Waals surface area contributed by atoms with Crippen LogP contribution in [-0.4, -0.2) is 24.4 Å². The molecule has 0 fully saturated rings. The van der Waals surface area contributed by atoms with Gasteiger partial charge >= 0.3 is 0 Å². The van der Waals surface area contributed by atoms with Crippen molar-refractivity contribution in [2.75, 3.05) is 20.0 Å². The number of hydrogen-bond acceptors (Lipinski definition) is 4. The molecular weight excluding hydrogens is 242 g/mol. The lowest BCUT2D eigenvalue weighted by molar-refractivity contribution is 0.398. The Hall–Kier alpha value is -2.17. The van der Waals surface area contributed by atoms with Crippen molar-refractivity contribution < 1.29 is 9.47 Å². The first-order valence-corrected chi connectivity index (χ1v) is 6.14.